The smallest absolute Gasteiger partial charge is 0.243 e. The summed E-state index contributed by atoms with van der Waals surface area (Å²) >= 11 is 0. The van der Waals surface area contributed by atoms with Gasteiger partial charge in [-0.15, -0.1) is 0 Å². The standard InChI is InChI=1S/C16H22N2O4/c1-21-13-8-11(9-14(22-2)15(13)19)10-17-18-16(20)12-6-4-3-5-7-12/h8-10,12,19H,3-7H2,1-2H3,(H,18,20). The normalized spacial score (nSPS) is 15.7. The lowest BCUT2D eigenvalue weighted by Crippen LogP contribution is -2.28. The summed E-state index contributed by atoms with van der Waals surface area (Å²) in [5.74, 6) is 0.552. The molecule has 0 aliphatic heterocycles. The number of aromatic hydroxyl groups is 1. The number of rotatable bonds is 5. The zero-order valence-corrected chi connectivity index (χ0v) is 13.0. The summed E-state index contributed by atoms with van der Waals surface area (Å²) in [5.41, 5.74) is 3.24. The minimum absolute atomic E-state index is 0.0336. The predicted octanol–water partition coefficient (Wildman–Crippen LogP) is 2.44. The zero-order valence-electron chi connectivity index (χ0n) is 13.0. The third-order valence-corrected chi connectivity index (χ3v) is 3.87. The minimum atomic E-state index is -0.0617. The lowest BCUT2D eigenvalue weighted by atomic mass is 9.89. The first kappa shape index (κ1) is 16.1. The Balaban J connectivity index is 2.01. The van der Waals surface area contributed by atoms with Gasteiger partial charge in [0.1, 0.15) is 0 Å². The first-order valence-electron chi connectivity index (χ1n) is 7.43. The van der Waals surface area contributed by atoms with Gasteiger partial charge in [-0.2, -0.15) is 5.10 Å². The topological polar surface area (TPSA) is 80.2 Å². The maximum atomic E-state index is 12.0. The molecule has 2 N–H and O–H groups in total. The van der Waals surface area contributed by atoms with Crippen LogP contribution < -0.4 is 14.9 Å². The van der Waals surface area contributed by atoms with Gasteiger partial charge in [-0.1, -0.05) is 19.3 Å². The number of benzene rings is 1. The van der Waals surface area contributed by atoms with Crippen molar-refractivity contribution in [3.05, 3.63) is 17.7 Å². The number of carbonyl (C=O) groups is 1. The van der Waals surface area contributed by atoms with Gasteiger partial charge in [0.25, 0.3) is 0 Å². The Morgan fingerprint density at radius 3 is 2.36 bits per heavy atom. The molecule has 1 aromatic carbocycles. The van der Waals surface area contributed by atoms with Gasteiger partial charge in [0, 0.05) is 11.5 Å². The fourth-order valence-corrected chi connectivity index (χ4v) is 2.61. The summed E-state index contributed by atoms with van der Waals surface area (Å²) in [5, 5.41) is 13.8. The van der Waals surface area contributed by atoms with Crippen LogP contribution in [0.15, 0.2) is 17.2 Å². The lowest BCUT2D eigenvalue weighted by molar-refractivity contribution is -0.125. The molecular formula is C16H22N2O4. The van der Waals surface area contributed by atoms with E-state index in [9.17, 15) is 9.90 Å². The van der Waals surface area contributed by atoms with Crippen molar-refractivity contribution in [2.24, 2.45) is 11.0 Å². The molecule has 6 nitrogen and oxygen atoms in total. The molecule has 0 saturated heterocycles. The number of hydrogen-bond acceptors (Lipinski definition) is 5. The number of nitrogens with one attached hydrogen (secondary N) is 1. The van der Waals surface area contributed by atoms with E-state index in [1.165, 1.54) is 26.9 Å². The Bertz CT molecular complexity index is 526. The number of amides is 1. The third-order valence-electron chi connectivity index (χ3n) is 3.87. The number of methoxy groups -OCH3 is 2. The molecule has 0 radical (unpaired) electrons. The molecule has 0 atom stereocenters. The van der Waals surface area contributed by atoms with E-state index in [-0.39, 0.29) is 17.6 Å². The van der Waals surface area contributed by atoms with E-state index in [0.29, 0.717) is 17.1 Å². The van der Waals surface area contributed by atoms with E-state index < -0.39 is 0 Å². The third kappa shape index (κ3) is 3.90. The molecule has 1 fully saturated rings. The Morgan fingerprint density at radius 1 is 1.23 bits per heavy atom. The van der Waals surface area contributed by atoms with Crippen LogP contribution in [0.2, 0.25) is 0 Å². The minimum Gasteiger partial charge on any atom is -0.502 e. The van der Waals surface area contributed by atoms with Crippen molar-refractivity contribution in [3.63, 3.8) is 0 Å². The number of hydrazone groups is 1. The molecule has 0 aromatic heterocycles. The Labute approximate surface area is 130 Å². The second kappa shape index (κ2) is 7.68. The average molecular weight is 306 g/mol. The second-order valence-electron chi connectivity index (χ2n) is 5.34. The molecule has 120 valence electrons. The molecule has 0 unspecified atom stereocenters. The summed E-state index contributed by atoms with van der Waals surface area (Å²) in [4.78, 5) is 12.0. The van der Waals surface area contributed by atoms with Crippen molar-refractivity contribution >= 4 is 12.1 Å². The Morgan fingerprint density at radius 2 is 1.82 bits per heavy atom. The van der Waals surface area contributed by atoms with Crippen LogP contribution in [0, 0.1) is 5.92 Å². The van der Waals surface area contributed by atoms with Crippen molar-refractivity contribution in [2.45, 2.75) is 32.1 Å². The highest BCUT2D eigenvalue weighted by molar-refractivity contribution is 5.85. The number of carbonyl (C=O) groups excluding carboxylic acids is 1. The number of ether oxygens (including phenoxy) is 2. The molecule has 0 heterocycles. The summed E-state index contributed by atoms with van der Waals surface area (Å²) in [6.45, 7) is 0. The molecule has 1 aliphatic rings. The summed E-state index contributed by atoms with van der Waals surface area (Å²) < 4.78 is 10.1. The van der Waals surface area contributed by atoms with Crippen LogP contribution in [-0.2, 0) is 4.79 Å². The first-order valence-corrected chi connectivity index (χ1v) is 7.43. The van der Waals surface area contributed by atoms with E-state index in [1.807, 2.05) is 0 Å². The lowest BCUT2D eigenvalue weighted by Gasteiger charge is -2.19. The largest absolute Gasteiger partial charge is 0.502 e. The number of nitrogens with zero attached hydrogens (tertiary/aromatic N) is 1. The van der Waals surface area contributed by atoms with Crippen molar-refractivity contribution in [2.75, 3.05) is 14.2 Å². The molecular weight excluding hydrogens is 284 g/mol. The number of phenolic OH excluding ortho intramolecular Hbond substituents is 1. The second-order valence-corrected chi connectivity index (χ2v) is 5.34. The molecule has 1 aliphatic carbocycles. The number of phenols is 1. The van der Waals surface area contributed by atoms with E-state index in [0.717, 1.165) is 25.7 Å². The quantitative estimate of drug-likeness (QED) is 0.647. The molecule has 6 heteroatoms. The van der Waals surface area contributed by atoms with Gasteiger partial charge in [-0.05, 0) is 25.0 Å². The fraction of sp³-hybridized carbons (Fsp3) is 0.500. The molecule has 1 saturated carbocycles. The van der Waals surface area contributed by atoms with Gasteiger partial charge in [-0.25, -0.2) is 5.43 Å². The van der Waals surface area contributed by atoms with Crippen molar-refractivity contribution in [3.8, 4) is 17.2 Å². The van der Waals surface area contributed by atoms with Crippen LogP contribution in [-0.4, -0.2) is 31.4 Å². The van der Waals surface area contributed by atoms with Crippen LogP contribution in [0.25, 0.3) is 0 Å². The molecule has 1 aromatic rings. The first-order chi connectivity index (χ1) is 10.7. The Kier molecular flexibility index (Phi) is 5.63. The maximum Gasteiger partial charge on any atom is 0.243 e. The SMILES string of the molecule is COc1cc(C=NNC(=O)C2CCCCC2)cc(OC)c1O. The van der Waals surface area contributed by atoms with Crippen LogP contribution >= 0.6 is 0 Å². The number of hydrogen-bond donors (Lipinski definition) is 2. The maximum absolute atomic E-state index is 12.0. The van der Waals surface area contributed by atoms with Crippen LogP contribution in [0.5, 0.6) is 17.2 Å². The van der Waals surface area contributed by atoms with E-state index >= 15 is 0 Å². The highest BCUT2D eigenvalue weighted by Crippen LogP contribution is 2.36. The Hall–Kier alpha value is -2.24. The molecule has 0 spiro atoms. The van der Waals surface area contributed by atoms with Crippen LogP contribution in [0.4, 0.5) is 0 Å². The van der Waals surface area contributed by atoms with Gasteiger partial charge in [-0.3, -0.25) is 4.79 Å². The zero-order chi connectivity index (χ0) is 15.9. The van der Waals surface area contributed by atoms with Crippen molar-refractivity contribution < 1.29 is 19.4 Å². The van der Waals surface area contributed by atoms with Gasteiger partial charge in [0.15, 0.2) is 11.5 Å². The summed E-state index contributed by atoms with van der Waals surface area (Å²) in [6.07, 6.45) is 6.79. The highest BCUT2D eigenvalue weighted by Gasteiger charge is 2.20. The van der Waals surface area contributed by atoms with Crippen molar-refractivity contribution in [1.82, 2.24) is 5.43 Å². The molecule has 2 rings (SSSR count). The molecule has 22 heavy (non-hydrogen) atoms. The van der Waals surface area contributed by atoms with E-state index in [2.05, 4.69) is 10.5 Å². The summed E-state index contributed by atoms with van der Waals surface area (Å²) in [6, 6.07) is 3.24. The van der Waals surface area contributed by atoms with Crippen LogP contribution in [0.3, 0.4) is 0 Å². The van der Waals surface area contributed by atoms with Crippen molar-refractivity contribution in [1.29, 1.82) is 0 Å². The van der Waals surface area contributed by atoms with Gasteiger partial charge in [0.05, 0.1) is 20.4 Å². The van der Waals surface area contributed by atoms with E-state index in [1.54, 1.807) is 12.1 Å². The van der Waals surface area contributed by atoms with Gasteiger partial charge >= 0.3 is 0 Å². The molecule has 0 bridgehead atoms. The summed E-state index contributed by atoms with van der Waals surface area (Å²) in [7, 11) is 2.92. The molecule has 1 amide bonds. The van der Waals surface area contributed by atoms with E-state index in [4.69, 9.17) is 9.47 Å². The predicted molar refractivity (Wildman–Crippen MR) is 83.5 cm³/mol. The van der Waals surface area contributed by atoms with Gasteiger partial charge < -0.3 is 14.6 Å². The van der Waals surface area contributed by atoms with Gasteiger partial charge in [0.2, 0.25) is 11.7 Å². The monoisotopic (exact) mass is 306 g/mol. The average Bonchev–Trinajstić information content (AvgIpc) is 2.56. The highest BCUT2D eigenvalue weighted by atomic mass is 16.5. The fourth-order valence-electron chi connectivity index (χ4n) is 2.61. The van der Waals surface area contributed by atoms with Crippen LogP contribution in [0.1, 0.15) is 37.7 Å².